The maximum atomic E-state index is 11.7. The van der Waals surface area contributed by atoms with E-state index in [-0.39, 0.29) is 5.91 Å². The predicted octanol–water partition coefficient (Wildman–Crippen LogP) is 4.24. The Kier molecular flexibility index (Phi) is 4.81. The van der Waals surface area contributed by atoms with Gasteiger partial charge in [-0.3, -0.25) is 4.79 Å². The molecule has 0 unspecified atom stereocenters. The van der Waals surface area contributed by atoms with Gasteiger partial charge in [0.15, 0.2) is 0 Å². The second-order valence-electron chi connectivity index (χ2n) is 4.09. The van der Waals surface area contributed by atoms with E-state index in [1.807, 2.05) is 61.5 Å². The number of thioether (sulfide) groups is 1. The third-order valence-electron chi connectivity index (χ3n) is 2.49. The highest BCUT2D eigenvalue weighted by atomic mass is 32.2. The van der Waals surface area contributed by atoms with E-state index in [1.54, 1.807) is 5.41 Å². The average molecular weight is 269 g/mol. The van der Waals surface area contributed by atoms with Gasteiger partial charge in [0.2, 0.25) is 5.91 Å². The smallest absolute Gasteiger partial charge is 0.248 e. The summed E-state index contributed by atoms with van der Waals surface area (Å²) < 4.78 is 0. The Morgan fingerprint density at radius 2 is 1.74 bits per heavy atom. The predicted molar refractivity (Wildman–Crippen MR) is 81.2 cm³/mol. The van der Waals surface area contributed by atoms with Gasteiger partial charge in [-0.15, -0.1) is 0 Å². The standard InChI is InChI=1S/C16H15NOS/c1-13-7-9-14(10-8-13)17-16(18)11-12-19-15-5-3-2-4-6-15/h2-12H,1H3,(H,17,18)/b12-11+. The van der Waals surface area contributed by atoms with Crippen LogP contribution >= 0.6 is 11.8 Å². The third-order valence-corrected chi connectivity index (χ3v) is 3.30. The number of amides is 1. The Morgan fingerprint density at radius 3 is 2.42 bits per heavy atom. The van der Waals surface area contributed by atoms with Crippen LogP contribution in [-0.2, 0) is 4.79 Å². The summed E-state index contributed by atoms with van der Waals surface area (Å²) in [7, 11) is 0. The van der Waals surface area contributed by atoms with Crippen molar-refractivity contribution in [2.24, 2.45) is 0 Å². The van der Waals surface area contributed by atoms with Crippen LogP contribution in [0.3, 0.4) is 0 Å². The van der Waals surface area contributed by atoms with E-state index < -0.39 is 0 Å². The van der Waals surface area contributed by atoms with Crippen molar-refractivity contribution in [1.82, 2.24) is 0 Å². The number of hydrogen-bond acceptors (Lipinski definition) is 2. The Hall–Kier alpha value is -2.00. The molecule has 19 heavy (non-hydrogen) atoms. The summed E-state index contributed by atoms with van der Waals surface area (Å²) in [4.78, 5) is 12.8. The van der Waals surface area contributed by atoms with Gasteiger partial charge in [0.05, 0.1) is 0 Å². The third kappa shape index (κ3) is 4.64. The molecule has 0 saturated heterocycles. The van der Waals surface area contributed by atoms with Gasteiger partial charge < -0.3 is 5.32 Å². The topological polar surface area (TPSA) is 29.1 Å². The summed E-state index contributed by atoms with van der Waals surface area (Å²) >= 11 is 1.52. The lowest BCUT2D eigenvalue weighted by molar-refractivity contribution is -0.111. The molecule has 0 spiro atoms. The number of carbonyl (C=O) groups is 1. The summed E-state index contributed by atoms with van der Waals surface area (Å²) in [6.07, 6.45) is 1.54. The molecular weight excluding hydrogens is 254 g/mol. The SMILES string of the molecule is Cc1ccc(NC(=O)/C=C/Sc2ccccc2)cc1. The zero-order valence-electron chi connectivity index (χ0n) is 10.7. The number of aryl methyl sites for hydroxylation is 1. The van der Waals surface area contributed by atoms with E-state index >= 15 is 0 Å². The summed E-state index contributed by atoms with van der Waals surface area (Å²) in [6, 6.07) is 17.7. The van der Waals surface area contributed by atoms with E-state index in [0.29, 0.717) is 0 Å². The van der Waals surface area contributed by atoms with E-state index in [0.717, 1.165) is 10.6 Å². The lowest BCUT2D eigenvalue weighted by Crippen LogP contribution is -2.07. The molecule has 0 radical (unpaired) electrons. The van der Waals surface area contributed by atoms with Gasteiger partial charge in [0.1, 0.15) is 0 Å². The minimum absolute atomic E-state index is 0.118. The van der Waals surface area contributed by atoms with Gasteiger partial charge >= 0.3 is 0 Å². The minimum atomic E-state index is -0.118. The van der Waals surface area contributed by atoms with Crippen LogP contribution in [0.25, 0.3) is 0 Å². The molecule has 2 rings (SSSR count). The number of carbonyl (C=O) groups excluding carboxylic acids is 1. The first-order valence-electron chi connectivity index (χ1n) is 6.00. The fourth-order valence-electron chi connectivity index (χ4n) is 1.49. The number of anilines is 1. The number of nitrogens with one attached hydrogen (secondary N) is 1. The normalized spacial score (nSPS) is 10.6. The molecule has 3 heteroatoms. The van der Waals surface area contributed by atoms with E-state index in [4.69, 9.17) is 0 Å². The van der Waals surface area contributed by atoms with Gasteiger partial charge in [0, 0.05) is 16.7 Å². The molecule has 1 N–H and O–H groups in total. The minimum Gasteiger partial charge on any atom is -0.322 e. The molecule has 0 aliphatic carbocycles. The van der Waals surface area contributed by atoms with Crippen LogP contribution in [0.2, 0.25) is 0 Å². The Labute approximate surface area is 117 Å². The first-order chi connectivity index (χ1) is 9.24. The number of benzene rings is 2. The average Bonchev–Trinajstić information content (AvgIpc) is 2.43. The lowest BCUT2D eigenvalue weighted by atomic mass is 10.2. The zero-order chi connectivity index (χ0) is 13.5. The Morgan fingerprint density at radius 1 is 1.05 bits per heavy atom. The maximum Gasteiger partial charge on any atom is 0.248 e. The van der Waals surface area contributed by atoms with Crippen LogP contribution in [0.4, 0.5) is 5.69 Å². The van der Waals surface area contributed by atoms with Gasteiger partial charge in [-0.05, 0) is 36.6 Å². The van der Waals surface area contributed by atoms with Gasteiger partial charge in [0.25, 0.3) is 0 Å². The molecule has 2 nitrogen and oxygen atoms in total. The van der Waals surface area contributed by atoms with Gasteiger partial charge in [-0.1, -0.05) is 47.7 Å². The molecule has 96 valence electrons. The molecule has 0 aromatic heterocycles. The molecule has 0 fully saturated rings. The van der Waals surface area contributed by atoms with Crippen molar-refractivity contribution >= 4 is 23.4 Å². The van der Waals surface area contributed by atoms with Gasteiger partial charge in [-0.2, -0.15) is 0 Å². The van der Waals surface area contributed by atoms with E-state index in [1.165, 1.54) is 23.4 Å². The monoisotopic (exact) mass is 269 g/mol. The van der Waals surface area contributed by atoms with E-state index in [9.17, 15) is 4.79 Å². The van der Waals surface area contributed by atoms with Crippen LogP contribution in [0.1, 0.15) is 5.56 Å². The molecule has 0 bridgehead atoms. The quantitative estimate of drug-likeness (QED) is 0.664. The Balaban J connectivity index is 1.86. The molecule has 0 heterocycles. The maximum absolute atomic E-state index is 11.7. The molecular formula is C16H15NOS. The lowest BCUT2D eigenvalue weighted by Gasteiger charge is -2.02. The van der Waals surface area contributed by atoms with Crippen molar-refractivity contribution in [2.75, 3.05) is 5.32 Å². The zero-order valence-corrected chi connectivity index (χ0v) is 11.5. The number of rotatable bonds is 4. The highest BCUT2D eigenvalue weighted by molar-refractivity contribution is 8.02. The Bertz CT molecular complexity index is 561. The van der Waals surface area contributed by atoms with Crippen molar-refractivity contribution in [1.29, 1.82) is 0 Å². The highest BCUT2D eigenvalue weighted by Crippen LogP contribution is 2.18. The van der Waals surface area contributed by atoms with Crippen molar-refractivity contribution in [3.05, 3.63) is 71.6 Å². The molecule has 2 aromatic carbocycles. The number of hydrogen-bond donors (Lipinski definition) is 1. The molecule has 0 aliphatic rings. The largest absolute Gasteiger partial charge is 0.322 e. The molecule has 0 atom stereocenters. The second kappa shape index (κ2) is 6.81. The fourth-order valence-corrected chi connectivity index (χ4v) is 2.16. The van der Waals surface area contributed by atoms with Crippen LogP contribution in [0.15, 0.2) is 71.0 Å². The van der Waals surface area contributed by atoms with Crippen LogP contribution in [0, 0.1) is 6.92 Å². The van der Waals surface area contributed by atoms with Crippen LogP contribution in [-0.4, -0.2) is 5.91 Å². The first-order valence-corrected chi connectivity index (χ1v) is 6.88. The van der Waals surface area contributed by atoms with Crippen molar-refractivity contribution in [2.45, 2.75) is 11.8 Å². The fraction of sp³-hybridized carbons (Fsp3) is 0.0625. The molecule has 2 aromatic rings. The molecule has 0 saturated carbocycles. The van der Waals surface area contributed by atoms with Crippen molar-refractivity contribution in [3.8, 4) is 0 Å². The second-order valence-corrected chi connectivity index (χ2v) is 5.07. The highest BCUT2D eigenvalue weighted by Gasteiger charge is 1.97. The summed E-state index contributed by atoms with van der Waals surface area (Å²) in [6.45, 7) is 2.02. The van der Waals surface area contributed by atoms with Gasteiger partial charge in [-0.25, -0.2) is 0 Å². The summed E-state index contributed by atoms with van der Waals surface area (Å²) in [5, 5.41) is 4.61. The van der Waals surface area contributed by atoms with Crippen molar-refractivity contribution in [3.63, 3.8) is 0 Å². The summed E-state index contributed by atoms with van der Waals surface area (Å²) in [5.74, 6) is -0.118. The first kappa shape index (κ1) is 13.4. The van der Waals surface area contributed by atoms with Crippen molar-refractivity contribution < 1.29 is 4.79 Å². The van der Waals surface area contributed by atoms with E-state index in [2.05, 4.69) is 5.32 Å². The van der Waals surface area contributed by atoms with Crippen LogP contribution < -0.4 is 5.32 Å². The molecule has 1 amide bonds. The summed E-state index contributed by atoms with van der Waals surface area (Å²) in [5.41, 5.74) is 1.98. The molecule has 0 aliphatic heterocycles. The van der Waals surface area contributed by atoms with Crippen LogP contribution in [0.5, 0.6) is 0 Å².